The van der Waals surface area contributed by atoms with Crippen molar-refractivity contribution < 1.29 is 28.8 Å². The van der Waals surface area contributed by atoms with Crippen molar-refractivity contribution in [2.45, 2.75) is 66.4 Å². The van der Waals surface area contributed by atoms with Crippen molar-refractivity contribution in [3.8, 4) is 0 Å². The fraction of sp³-hybridized carbons (Fsp3) is 0.882. The highest BCUT2D eigenvalue weighted by Gasteiger charge is 2.37. The van der Waals surface area contributed by atoms with Crippen LogP contribution in [0, 0.1) is 11.3 Å². The molecule has 0 aliphatic heterocycles. The van der Waals surface area contributed by atoms with Gasteiger partial charge in [0.1, 0.15) is 5.60 Å². The van der Waals surface area contributed by atoms with Crippen LogP contribution in [0.15, 0.2) is 0 Å². The summed E-state index contributed by atoms with van der Waals surface area (Å²) in [7, 11) is 1.43. The second-order valence-corrected chi connectivity index (χ2v) is 7.03. The third-order valence-corrected chi connectivity index (χ3v) is 3.56. The molecule has 0 saturated heterocycles. The van der Waals surface area contributed by atoms with Crippen molar-refractivity contribution in [1.82, 2.24) is 0 Å². The zero-order chi connectivity index (χ0) is 18.1. The maximum absolute atomic E-state index is 12.3. The van der Waals surface area contributed by atoms with E-state index in [2.05, 4.69) is 4.89 Å². The molecule has 2 unspecified atom stereocenters. The van der Waals surface area contributed by atoms with E-state index < -0.39 is 11.0 Å². The predicted octanol–water partition coefficient (Wildman–Crippen LogP) is 3.28. The Kier molecular flexibility index (Phi) is 9.39. The van der Waals surface area contributed by atoms with Gasteiger partial charge in [0.15, 0.2) is 0 Å². The molecule has 0 aromatic heterocycles. The van der Waals surface area contributed by atoms with Crippen LogP contribution in [-0.4, -0.2) is 37.9 Å². The molecular weight excluding hydrogens is 300 g/mol. The van der Waals surface area contributed by atoms with Crippen LogP contribution >= 0.6 is 0 Å². The van der Waals surface area contributed by atoms with E-state index in [0.29, 0.717) is 25.9 Å². The normalized spacial score (nSPS) is 15.6. The average Bonchev–Trinajstić information content (AvgIpc) is 2.44. The molecule has 0 amide bonds. The van der Waals surface area contributed by atoms with Crippen molar-refractivity contribution >= 4 is 11.9 Å². The molecule has 0 aliphatic rings. The van der Waals surface area contributed by atoms with Crippen LogP contribution in [-0.2, 0) is 28.8 Å². The molecule has 0 aliphatic carbocycles. The summed E-state index contributed by atoms with van der Waals surface area (Å²) in [5.41, 5.74) is -1.24. The number of esters is 2. The fourth-order valence-electron chi connectivity index (χ4n) is 2.07. The Bertz CT molecular complexity index is 374. The molecule has 2 atom stereocenters. The molecular formula is C17H32O6. The zero-order valence-electron chi connectivity index (χ0n) is 15.6. The van der Waals surface area contributed by atoms with Crippen LogP contribution in [0.2, 0.25) is 0 Å². The second-order valence-electron chi connectivity index (χ2n) is 7.03. The molecule has 6 nitrogen and oxygen atoms in total. The van der Waals surface area contributed by atoms with E-state index in [9.17, 15) is 9.59 Å². The maximum atomic E-state index is 12.3. The van der Waals surface area contributed by atoms with Gasteiger partial charge in [-0.05, 0) is 40.5 Å². The first kappa shape index (κ1) is 21.9. The molecule has 6 heteroatoms. The van der Waals surface area contributed by atoms with Gasteiger partial charge in [-0.3, -0.25) is 9.59 Å². The SMILES string of the molecule is CCC(C)(CC(C)C(=O)OC(C)(C)C)C(=O)OCCCOOC. The molecule has 0 N–H and O–H groups in total. The monoisotopic (exact) mass is 332 g/mol. The van der Waals surface area contributed by atoms with E-state index in [4.69, 9.17) is 14.4 Å². The van der Waals surface area contributed by atoms with Gasteiger partial charge in [0.25, 0.3) is 0 Å². The van der Waals surface area contributed by atoms with Gasteiger partial charge in [0.05, 0.1) is 31.7 Å². The summed E-state index contributed by atoms with van der Waals surface area (Å²) in [6, 6.07) is 0. The highest BCUT2D eigenvalue weighted by molar-refractivity contribution is 5.78. The Morgan fingerprint density at radius 3 is 2.17 bits per heavy atom. The van der Waals surface area contributed by atoms with Crippen LogP contribution in [0.1, 0.15) is 60.8 Å². The van der Waals surface area contributed by atoms with E-state index in [1.807, 2.05) is 34.6 Å². The summed E-state index contributed by atoms with van der Waals surface area (Å²) in [6.07, 6.45) is 1.54. The lowest BCUT2D eigenvalue weighted by atomic mass is 9.79. The highest BCUT2D eigenvalue weighted by Crippen LogP contribution is 2.32. The van der Waals surface area contributed by atoms with Gasteiger partial charge in [0, 0.05) is 6.42 Å². The van der Waals surface area contributed by atoms with Crippen molar-refractivity contribution in [2.75, 3.05) is 20.3 Å². The molecule has 0 aromatic rings. The van der Waals surface area contributed by atoms with Gasteiger partial charge in [-0.2, -0.15) is 0 Å². The third-order valence-electron chi connectivity index (χ3n) is 3.56. The van der Waals surface area contributed by atoms with Crippen LogP contribution in [0.5, 0.6) is 0 Å². The minimum atomic E-state index is -0.710. The molecule has 136 valence electrons. The van der Waals surface area contributed by atoms with E-state index >= 15 is 0 Å². The standard InChI is InChI=1S/C17H32O6/c1-8-17(6,15(19)21-10-9-11-22-20-7)12-13(2)14(18)23-16(3,4)5/h13H,8-12H2,1-7H3. The molecule has 0 spiro atoms. The molecule has 0 aromatic carbocycles. The first-order valence-electron chi connectivity index (χ1n) is 8.11. The minimum Gasteiger partial charge on any atom is -0.465 e. The van der Waals surface area contributed by atoms with Gasteiger partial charge < -0.3 is 9.47 Å². The Morgan fingerprint density at radius 2 is 1.70 bits per heavy atom. The number of hydrogen-bond donors (Lipinski definition) is 0. The Labute approximate surface area is 139 Å². The highest BCUT2D eigenvalue weighted by atomic mass is 17.2. The van der Waals surface area contributed by atoms with E-state index in [-0.39, 0.29) is 24.5 Å². The molecule has 0 saturated carbocycles. The van der Waals surface area contributed by atoms with Crippen molar-refractivity contribution in [2.24, 2.45) is 11.3 Å². The summed E-state index contributed by atoms with van der Waals surface area (Å²) in [4.78, 5) is 33.6. The van der Waals surface area contributed by atoms with Gasteiger partial charge in [0.2, 0.25) is 0 Å². The molecule has 0 heterocycles. The quantitative estimate of drug-likeness (QED) is 0.265. The number of carbonyl (C=O) groups is 2. The molecule has 0 radical (unpaired) electrons. The lowest BCUT2D eigenvalue weighted by molar-refractivity contribution is -0.273. The van der Waals surface area contributed by atoms with Crippen molar-refractivity contribution in [3.05, 3.63) is 0 Å². The fourth-order valence-corrected chi connectivity index (χ4v) is 2.07. The lowest BCUT2D eigenvalue weighted by Gasteiger charge is -2.29. The third kappa shape index (κ3) is 8.91. The zero-order valence-corrected chi connectivity index (χ0v) is 15.6. The molecule has 0 fully saturated rings. The first-order valence-corrected chi connectivity index (χ1v) is 8.11. The molecule has 23 heavy (non-hydrogen) atoms. The summed E-state index contributed by atoms with van der Waals surface area (Å²) in [5, 5.41) is 0. The maximum Gasteiger partial charge on any atom is 0.311 e. The van der Waals surface area contributed by atoms with E-state index in [1.54, 1.807) is 6.92 Å². The van der Waals surface area contributed by atoms with Gasteiger partial charge >= 0.3 is 11.9 Å². The summed E-state index contributed by atoms with van der Waals surface area (Å²) in [6.45, 7) is 11.6. The lowest BCUT2D eigenvalue weighted by Crippen LogP contribution is -2.35. The number of ether oxygens (including phenoxy) is 2. The van der Waals surface area contributed by atoms with E-state index in [1.165, 1.54) is 7.11 Å². The Morgan fingerprint density at radius 1 is 1.09 bits per heavy atom. The van der Waals surface area contributed by atoms with Crippen LogP contribution in [0.3, 0.4) is 0 Å². The average molecular weight is 332 g/mol. The smallest absolute Gasteiger partial charge is 0.311 e. The topological polar surface area (TPSA) is 71.1 Å². The number of carbonyl (C=O) groups excluding carboxylic acids is 2. The van der Waals surface area contributed by atoms with Crippen LogP contribution in [0.4, 0.5) is 0 Å². The first-order chi connectivity index (χ1) is 10.6. The van der Waals surface area contributed by atoms with E-state index in [0.717, 1.165) is 0 Å². The second kappa shape index (κ2) is 9.88. The Hall–Kier alpha value is -1.14. The molecule has 0 bridgehead atoms. The number of rotatable bonds is 10. The Balaban J connectivity index is 4.51. The van der Waals surface area contributed by atoms with Gasteiger partial charge in [-0.25, -0.2) is 9.78 Å². The molecule has 0 rings (SSSR count). The minimum absolute atomic E-state index is 0.263. The van der Waals surface area contributed by atoms with Crippen LogP contribution in [0.25, 0.3) is 0 Å². The summed E-state index contributed by atoms with van der Waals surface area (Å²) >= 11 is 0. The van der Waals surface area contributed by atoms with Gasteiger partial charge in [-0.1, -0.05) is 13.8 Å². The van der Waals surface area contributed by atoms with Crippen LogP contribution < -0.4 is 0 Å². The van der Waals surface area contributed by atoms with Crippen molar-refractivity contribution in [1.29, 1.82) is 0 Å². The summed E-state index contributed by atoms with van der Waals surface area (Å²) in [5.74, 6) is -0.963. The largest absolute Gasteiger partial charge is 0.465 e. The van der Waals surface area contributed by atoms with Gasteiger partial charge in [-0.15, -0.1) is 0 Å². The number of hydrogen-bond acceptors (Lipinski definition) is 6. The van der Waals surface area contributed by atoms with Crippen molar-refractivity contribution in [3.63, 3.8) is 0 Å². The predicted molar refractivity (Wildman–Crippen MR) is 86.6 cm³/mol. The summed E-state index contributed by atoms with van der Waals surface area (Å²) < 4.78 is 10.7.